The predicted octanol–water partition coefficient (Wildman–Crippen LogP) is 8.71. The van der Waals surface area contributed by atoms with Crippen LogP contribution in [0.2, 0.25) is 0 Å². The second-order valence-electron chi connectivity index (χ2n) is 15.1. The number of thioether (sulfide) groups is 1. The molecule has 4 aromatic carbocycles. The van der Waals surface area contributed by atoms with Gasteiger partial charge in [-0.15, -0.1) is 0 Å². The second-order valence-corrected chi connectivity index (χ2v) is 16.4. The molecule has 0 radical (unpaired) electrons. The van der Waals surface area contributed by atoms with E-state index in [1.807, 2.05) is 35.2 Å². The van der Waals surface area contributed by atoms with Crippen molar-refractivity contribution in [1.29, 1.82) is 0 Å². The van der Waals surface area contributed by atoms with Crippen LogP contribution in [-0.4, -0.2) is 63.1 Å². The van der Waals surface area contributed by atoms with E-state index in [-0.39, 0.29) is 6.10 Å². The van der Waals surface area contributed by atoms with Crippen molar-refractivity contribution in [3.63, 3.8) is 0 Å². The van der Waals surface area contributed by atoms with E-state index >= 15 is 0 Å². The standard InChI is InChI=1S/C46H51N3O3S/c1-4-47-40-28-36(34-18-16-33(17-19-34)32-12-8-6-9-13-32)22-26-42(40)52-44(47)30-45-48(5-2)41-29-37(23-27-43(41)53-45)35-20-24-39(25-21-35)49(31(3)46(50)51)38-14-10-7-11-15-38/h6-21,24-25,30-31,36-37,40-43H,4-5,22-23,26-29H2,1-3H3. The Hall–Kier alpha value is -4.49. The molecule has 53 heavy (non-hydrogen) atoms. The van der Waals surface area contributed by atoms with Crippen LogP contribution < -0.4 is 10.0 Å². The molecule has 7 atom stereocenters. The van der Waals surface area contributed by atoms with Crippen molar-refractivity contribution in [3.8, 4) is 11.1 Å². The van der Waals surface area contributed by atoms with Gasteiger partial charge in [0.05, 0.1) is 29.4 Å². The van der Waals surface area contributed by atoms with E-state index in [0.717, 1.165) is 62.5 Å². The van der Waals surface area contributed by atoms with Crippen molar-refractivity contribution >= 4 is 34.1 Å². The van der Waals surface area contributed by atoms with Crippen LogP contribution in [0.5, 0.6) is 0 Å². The molecule has 0 bridgehead atoms. The molecule has 0 aromatic heterocycles. The number of benzene rings is 4. The van der Waals surface area contributed by atoms with Gasteiger partial charge in [0.2, 0.25) is 5.04 Å². The van der Waals surface area contributed by atoms with Crippen molar-refractivity contribution in [2.24, 2.45) is 0 Å². The van der Waals surface area contributed by atoms with E-state index in [1.54, 1.807) is 6.92 Å². The lowest BCUT2D eigenvalue weighted by Crippen LogP contribution is -2.44. The van der Waals surface area contributed by atoms with Gasteiger partial charge in [-0.1, -0.05) is 84.9 Å². The highest BCUT2D eigenvalue weighted by Gasteiger charge is 2.48. The fraction of sp³-hybridized carbons (Fsp3) is 0.391. The molecule has 4 aliphatic rings. The van der Waals surface area contributed by atoms with Gasteiger partial charge in [0.1, 0.15) is 12.6 Å². The van der Waals surface area contributed by atoms with Gasteiger partial charge in [-0.2, -0.15) is 0 Å². The van der Waals surface area contributed by atoms with Gasteiger partial charge in [-0.25, -0.2) is 4.58 Å². The van der Waals surface area contributed by atoms with Gasteiger partial charge in [-0.05, 0) is 123 Å². The molecule has 0 N–H and O–H groups in total. The number of ether oxygens (including phenoxy) is 1. The number of nitrogens with zero attached hydrogens (tertiary/aromatic N) is 3. The number of carboxylic acids is 1. The van der Waals surface area contributed by atoms with Crippen LogP contribution in [0.3, 0.4) is 0 Å². The lowest BCUT2D eigenvalue weighted by molar-refractivity contribution is -0.559. The topological polar surface area (TPSA) is 58.9 Å². The van der Waals surface area contributed by atoms with Crippen LogP contribution in [0.25, 0.3) is 11.1 Å². The zero-order valence-electron chi connectivity index (χ0n) is 31.1. The van der Waals surface area contributed by atoms with Crippen LogP contribution in [0.1, 0.15) is 82.3 Å². The normalized spacial score (nSPS) is 26.5. The van der Waals surface area contributed by atoms with Gasteiger partial charge < -0.3 is 24.4 Å². The minimum absolute atomic E-state index is 0.255. The smallest absolute Gasteiger partial charge is 0.240 e. The fourth-order valence-corrected chi connectivity index (χ4v) is 11.0. The number of hydrogen-bond acceptors (Lipinski definition) is 6. The zero-order chi connectivity index (χ0) is 36.5. The number of carboxylic acid groups (broad SMARTS) is 1. The summed E-state index contributed by atoms with van der Waals surface area (Å²) in [5, 5.41) is 13.9. The maximum atomic E-state index is 11.9. The third-order valence-corrected chi connectivity index (χ3v) is 13.7. The average molecular weight is 726 g/mol. The van der Waals surface area contributed by atoms with E-state index in [0.29, 0.717) is 29.2 Å². The Morgan fingerprint density at radius 2 is 1.43 bits per heavy atom. The summed E-state index contributed by atoms with van der Waals surface area (Å²) in [7, 11) is 0. The van der Waals surface area contributed by atoms with Crippen molar-refractivity contribution in [3.05, 3.63) is 132 Å². The summed E-state index contributed by atoms with van der Waals surface area (Å²) < 4.78 is 9.44. The number of likely N-dealkylation sites (N-methyl/N-ethyl adjacent to an activating group) is 1. The molecule has 1 saturated heterocycles. The SMILES string of the molecule is CCN1/C(=C/C2=[N+](CC)C3CC(c4ccc(N(c5ccccc5)C(C)C(=O)[O-])cc4)CCC3S2)OC2CCC(c3ccc(-c4ccccc4)cc3)CC21. The summed E-state index contributed by atoms with van der Waals surface area (Å²) >= 11 is 2.06. The quantitative estimate of drug-likeness (QED) is 0.153. The first-order valence-electron chi connectivity index (χ1n) is 19.7. The minimum atomic E-state index is -1.09. The van der Waals surface area contributed by atoms with E-state index in [2.05, 4.69) is 120 Å². The zero-order valence-corrected chi connectivity index (χ0v) is 32.0. The number of para-hydroxylation sites is 1. The summed E-state index contributed by atoms with van der Waals surface area (Å²) in [6.07, 6.45) is 9.45. The Morgan fingerprint density at radius 1 is 0.830 bits per heavy atom. The van der Waals surface area contributed by atoms with Crippen LogP contribution in [-0.2, 0) is 9.53 Å². The van der Waals surface area contributed by atoms with Crippen LogP contribution in [0, 0.1) is 0 Å². The number of fused-ring (bicyclic) bond motifs is 2. The van der Waals surface area contributed by atoms with Crippen LogP contribution in [0.4, 0.5) is 11.4 Å². The first kappa shape index (κ1) is 35.5. The first-order chi connectivity index (χ1) is 25.9. The Morgan fingerprint density at radius 3 is 2.09 bits per heavy atom. The van der Waals surface area contributed by atoms with E-state index in [9.17, 15) is 9.90 Å². The van der Waals surface area contributed by atoms with Crippen molar-refractivity contribution in [2.75, 3.05) is 18.0 Å². The molecule has 6 nitrogen and oxygen atoms in total. The molecule has 8 rings (SSSR count). The average Bonchev–Trinajstić information content (AvgIpc) is 3.74. The van der Waals surface area contributed by atoms with Crippen LogP contribution >= 0.6 is 11.8 Å². The van der Waals surface area contributed by atoms with E-state index in [1.165, 1.54) is 33.7 Å². The number of anilines is 2. The number of hydrogen-bond donors (Lipinski definition) is 0. The van der Waals surface area contributed by atoms with Gasteiger partial charge in [0, 0.05) is 24.3 Å². The Bertz CT molecular complexity index is 1950. The molecule has 0 amide bonds. The maximum absolute atomic E-state index is 11.9. The lowest BCUT2D eigenvalue weighted by atomic mass is 9.79. The molecule has 7 unspecified atom stereocenters. The molecule has 4 aromatic rings. The summed E-state index contributed by atoms with van der Waals surface area (Å²) in [6, 6.07) is 38.3. The largest absolute Gasteiger partial charge is 0.548 e. The number of rotatable bonds is 10. The van der Waals surface area contributed by atoms with Gasteiger partial charge in [0.25, 0.3) is 0 Å². The monoisotopic (exact) mass is 725 g/mol. The van der Waals surface area contributed by atoms with Crippen molar-refractivity contribution in [2.45, 2.75) is 101 Å². The first-order valence-corrected chi connectivity index (χ1v) is 20.6. The Labute approximate surface area is 319 Å². The summed E-state index contributed by atoms with van der Waals surface area (Å²) in [5.74, 6) is 0.983. The second kappa shape index (κ2) is 15.5. The van der Waals surface area contributed by atoms with Gasteiger partial charge in [-0.3, -0.25) is 0 Å². The number of carbonyl (C=O) groups is 1. The van der Waals surface area contributed by atoms with Crippen molar-refractivity contribution < 1.29 is 19.2 Å². The molecule has 0 spiro atoms. The Balaban J connectivity index is 0.965. The molecule has 2 aliphatic heterocycles. The molecule has 2 heterocycles. The molecular weight excluding hydrogens is 675 g/mol. The van der Waals surface area contributed by atoms with Crippen molar-refractivity contribution in [1.82, 2.24) is 4.90 Å². The summed E-state index contributed by atoms with van der Waals surface area (Å²) in [6.45, 7) is 8.18. The summed E-state index contributed by atoms with van der Waals surface area (Å²) in [4.78, 5) is 16.3. The maximum Gasteiger partial charge on any atom is 0.240 e. The summed E-state index contributed by atoms with van der Waals surface area (Å²) in [5.41, 5.74) is 7.03. The molecule has 7 heteroatoms. The highest BCUT2D eigenvalue weighted by Crippen LogP contribution is 2.46. The van der Waals surface area contributed by atoms with Gasteiger partial charge >= 0.3 is 0 Å². The minimum Gasteiger partial charge on any atom is -0.548 e. The highest BCUT2D eigenvalue weighted by atomic mass is 32.2. The number of aliphatic carboxylic acids is 1. The lowest BCUT2D eigenvalue weighted by Gasteiger charge is -2.34. The predicted molar refractivity (Wildman–Crippen MR) is 215 cm³/mol. The highest BCUT2D eigenvalue weighted by molar-refractivity contribution is 8.14. The Kier molecular flexibility index (Phi) is 10.4. The molecule has 2 aliphatic carbocycles. The van der Waals surface area contributed by atoms with Crippen LogP contribution in [0.15, 0.2) is 121 Å². The number of carbonyl (C=O) groups excluding carboxylic acids is 1. The molecule has 274 valence electrons. The van der Waals surface area contributed by atoms with Gasteiger partial charge in [0.15, 0.2) is 11.9 Å². The molecule has 2 saturated carbocycles. The van der Waals surface area contributed by atoms with E-state index < -0.39 is 12.0 Å². The third-order valence-electron chi connectivity index (χ3n) is 12.2. The van der Waals surface area contributed by atoms with E-state index in [4.69, 9.17) is 4.74 Å². The third kappa shape index (κ3) is 7.13. The molecule has 3 fully saturated rings. The fourth-order valence-electron chi connectivity index (χ4n) is 9.44. The molecular formula is C46H51N3O3S.